The summed E-state index contributed by atoms with van der Waals surface area (Å²) < 4.78 is 12.5. The van der Waals surface area contributed by atoms with Gasteiger partial charge in [0.05, 0.1) is 29.4 Å². The van der Waals surface area contributed by atoms with Gasteiger partial charge in [0.1, 0.15) is 11.5 Å². The van der Waals surface area contributed by atoms with Crippen molar-refractivity contribution < 1.29 is 9.47 Å². The molecule has 1 aliphatic rings. The number of ether oxygens (including phenoxy) is 2. The molecule has 0 amide bonds. The summed E-state index contributed by atoms with van der Waals surface area (Å²) in [5.41, 5.74) is 4.25. The van der Waals surface area contributed by atoms with Crippen LogP contribution < -0.4 is 14.8 Å². The Kier molecular flexibility index (Phi) is 5.90. The Hall–Kier alpha value is -2.11. The number of methoxy groups -OCH3 is 1. The lowest BCUT2D eigenvalue weighted by atomic mass is 10.1. The average molecular weight is 383 g/mol. The van der Waals surface area contributed by atoms with Crippen molar-refractivity contribution in [3.05, 3.63) is 53.5 Å². The van der Waals surface area contributed by atoms with Crippen molar-refractivity contribution in [1.82, 2.24) is 10.3 Å². The van der Waals surface area contributed by atoms with Gasteiger partial charge in [-0.2, -0.15) is 0 Å². The van der Waals surface area contributed by atoms with Gasteiger partial charge in [-0.1, -0.05) is 18.2 Å². The Balaban J connectivity index is 1.10. The van der Waals surface area contributed by atoms with Crippen molar-refractivity contribution in [3.8, 4) is 11.5 Å². The van der Waals surface area contributed by atoms with E-state index in [-0.39, 0.29) is 0 Å². The molecule has 0 spiro atoms. The minimum Gasteiger partial charge on any atom is -0.496 e. The van der Waals surface area contributed by atoms with E-state index in [0.717, 1.165) is 55.5 Å². The quantitative estimate of drug-likeness (QED) is 0.509. The molecule has 0 bridgehead atoms. The molecule has 0 saturated heterocycles. The Morgan fingerprint density at radius 2 is 2.11 bits per heavy atom. The summed E-state index contributed by atoms with van der Waals surface area (Å²) >= 11 is 1.66. The molecule has 1 heterocycles. The molecule has 2 unspecified atom stereocenters. The molecule has 27 heavy (non-hydrogen) atoms. The minimum atomic E-state index is 0.651. The van der Waals surface area contributed by atoms with Gasteiger partial charge in [0, 0.05) is 6.07 Å². The molecule has 5 heteroatoms. The molecule has 1 aromatic heterocycles. The van der Waals surface area contributed by atoms with Crippen molar-refractivity contribution in [2.75, 3.05) is 26.8 Å². The molecule has 2 aromatic carbocycles. The molecule has 1 saturated carbocycles. The Labute approximate surface area is 164 Å². The van der Waals surface area contributed by atoms with E-state index in [1.807, 2.05) is 23.7 Å². The summed E-state index contributed by atoms with van der Waals surface area (Å²) in [4.78, 5) is 4.33. The van der Waals surface area contributed by atoms with Crippen LogP contribution in [0.5, 0.6) is 11.5 Å². The second-order valence-electron chi connectivity index (χ2n) is 7.09. The van der Waals surface area contributed by atoms with Crippen LogP contribution in [0.15, 0.2) is 48.0 Å². The summed E-state index contributed by atoms with van der Waals surface area (Å²) in [5, 5.41) is 3.60. The van der Waals surface area contributed by atoms with E-state index < -0.39 is 0 Å². The van der Waals surface area contributed by atoms with Gasteiger partial charge in [-0.15, -0.1) is 11.3 Å². The van der Waals surface area contributed by atoms with Crippen LogP contribution in [0.2, 0.25) is 0 Å². The third kappa shape index (κ3) is 4.60. The zero-order valence-electron chi connectivity index (χ0n) is 15.7. The van der Waals surface area contributed by atoms with Crippen LogP contribution >= 0.6 is 11.3 Å². The minimum absolute atomic E-state index is 0.651. The number of nitrogens with zero attached hydrogens (tertiary/aromatic N) is 1. The summed E-state index contributed by atoms with van der Waals surface area (Å²) in [7, 11) is 1.76. The lowest BCUT2D eigenvalue weighted by Gasteiger charge is -2.09. The first-order valence-corrected chi connectivity index (χ1v) is 10.5. The van der Waals surface area contributed by atoms with Crippen LogP contribution in [-0.2, 0) is 0 Å². The largest absolute Gasteiger partial charge is 0.496 e. The standard InChI is InChI=1S/C22H26N2O2S/c1-25-21-7-3-2-6-18(21)19-12-16(19)14-23-10-4-5-11-26-17-8-9-22-20(13-17)24-15-27-22/h2-3,6-9,13,15-16,19,23H,4-5,10-12,14H2,1H3. The third-order valence-electron chi connectivity index (χ3n) is 5.19. The first kappa shape index (κ1) is 18.3. The molecule has 4 rings (SSSR count). The highest BCUT2D eigenvalue weighted by atomic mass is 32.1. The topological polar surface area (TPSA) is 43.4 Å². The first-order valence-electron chi connectivity index (χ1n) is 9.65. The van der Waals surface area contributed by atoms with Crippen LogP contribution in [0.3, 0.4) is 0 Å². The van der Waals surface area contributed by atoms with Gasteiger partial charge in [-0.25, -0.2) is 4.98 Å². The van der Waals surface area contributed by atoms with Gasteiger partial charge in [-0.05, 0) is 68.0 Å². The molecule has 1 aliphatic carbocycles. The molecule has 4 nitrogen and oxygen atoms in total. The number of aromatic nitrogens is 1. The third-order valence-corrected chi connectivity index (χ3v) is 6.00. The summed E-state index contributed by atoms with van der Waals surface area (Å²) in [6, 6.07) is 14.5. The maximum absolute atomic E-state index is 5.85. The molecular weight excluding hydrogens is 356 g/mol. The predicted molar refractivity (Wildman–Crippen MR) is 111 cm³/mol. The maximum atomic E-state index is 5.85. The van der Waals surface area contributed by atoms with Gasteiger partial charge >= 0.3 is 0 Å². The van der Waals surface area contributed by atoms with E-state index in [1.54, 1.807) is 18.4 Å². The Morgan fingerprint density at radius 3 is 3.04 bits per heavy atom. The predicted octanol–water partition coefficient (Wildman–Crippen LogP) is 4.86. The van der Waals surface area contributed by atoms with Gasteiger partial charge in [-0.3, -0.25) is 0 Å². The number of unbranched alkanes of at least 4 members (excludes halogenated alkanes) is 1. The SMILES string of the molecule is COc1ccccc1C1CC1CNCCCCOc1ccc2scnc2c1. The molecule has 0 radical (unpaired) electrons. The van der Waals surface area contributed by atoms with Crippen molar-refractivity contribution in [2.24, 2.45) is 5.92 Å². The second kappa shape index (κ2) is 8.72. The number of thiazole rings is 1. The van der Waals surface area contributed by atoms with Crippen LogP contribution in [0, 0.1) is 5.92 Å². The Morgan fingerprint density at radius 1 is 1.19 bits per heavy atom. The molecule has 1 fully saturated rings. The van der Waals surface area contributed by atoms with Gasteiger partial charge in [0.25, 0.3) is 0 Å². The van der Waals surface area contributed by atoms with E-state index in [0.29, 0.717) is 5.92 Å². The number of hydrogen-bond donors (Lipinski definition) is 1. The fourth-order valence-corrected chi connectivity index (χ4v) is 4.24. The highest BCUT2D eigenvalue weighted by Gasteiger charge is 2.39. The van der Waals surface area contributed by atoms with Crippen LogP contribution in [0.25, 0.3) is 10.2 Å². The number of rotatable bonds is 10. The van der Waals surface area contributed by atoms with Gasteiger partial charge < -0.3 is 14.8 Å². The fraction of sp³-hybridized carbons (Fsp3) is 0.409. The van der Waals surface area contributed by atoms with Crippen molar-refractivity contribution in [1.29, 1.82) is 0 Å². The van der Waals surface area contributed by atoms with Crippen LogP contribution in [0.4, 0.5) is 0 Å². The summed E-state index contributed by atoms with van der Waals surface area (Å²) in [5.74, 6) is 3.33. The monoisotopic (exact) mass is 382 g/mol. The molecule has 1 N–H and O–H groups in total. The fourth-order valence-electron chi connectivity index (χ4n) is 3.58. The van der Waals surface area contributed by atoms with E-state index in [4.69, 9.17) is 9.47 Å². The number of para-hydroxylation sites is 1. The molecule has 3 aromatic rings. The Bertz CT molecular complexity index is 879. The normalized spacial score (nSPS) is 18.6. The van der Waals surface area contributed by atoms with Crippen LogP contribution in [0.1, 0.15) is 30.7 Å². The van der Waals surface area contributed by atoms with E-state index in [9.17, 15) is 0 Å². The van der Waals surface area contributed by atoms with Crippen LogP contribution in [-0.4, -0.2) is 31.8 Å². The zero-order chi connectivity index (χ0) is 18.5. The lowest BCUT2D eigenvalue weighted by molar-refractivity contribution is 0.306. The first-order chi connectivity index (χ1) is 13.3. The van der Waals surface area contributed by atoms with E-state index in [2.05, 4.69) is 34.6 Å². The molecule has 0 aliphatic heterocycles. The number of fused-ring (bicyclic) bond motifs is 1. The second-order valence-corrected chi connectivity index (χ2v) is 7.97. The highest BCUT2D eigenvalue weighted by Crippen LogP contribution is 2.49. The average Bonchev–Trinajstić information content (AvgIpc) is 3.32. The number of nitrogens with one attached hydrogen (secondary N) is 1. The molecule has 2 atom stereocenters. The summed E-state index contributed by atoms with van der Waals surface area (Å²) in [6.07, 6.45) is 3.45. The molecular formula is C22H26N2O2S. The van der Waals surface area contributed by atoms with Crippen molar-refractivity contribution >= 4 is 21.6 Å². The van der Waals surface area contributed by atoms with E-state index >= 15 is 0 Å². The zero-order valence-corrected chi connectivity index (χ0v) is 16.5. The lowest BCUT2D eigenvalue weighted by Crippen LogP contribution is -2.19. The highest BCUT2D eigenvalue weighted by molar-refractivity contribution is 7.16. The van der Waals surface area contributed by atoms with Crippen molar-refractivity contribution in [3.63, 3.8) is 0 Å². The summed E-state index contributed by atoms with van der Waals surface area (Å²) in [6.45, 7) is 2.89. The number of benzene rings is 2. The van der Waals surface area contributed by atoms with Gasteiger partial charge in [0.15, 0.2) is 0 Å². The van der Waals surface area contributed by atoms with Crippen molar-refractivity contribution in [2.45, 2.75) is 25.2 Å². The maximum Gasteiger partial charge on any atom is 0.122 e. The van der Waals surface area contributed by atoms with Gasteiger partial charge in [0.2, 0.25) is 0 Å². The smallest absolute Gasteiger partial charge is 0.122 e. The number of hydrogen-bond acceptors (Lipinski definition) is 5. The van der Waals surface area contributed by atoms with E-state index in [1.165, 1.54) is 16.7 Å². The molecule has 142 valence electrons.